The van der Waals surface area contributed by atoms with E-state index in [0.717, 1.165) is 6.54 Å². The van der Waals surface area contributed by atoms with Crippen LogP contribution in [0.4, 0.5) is 0 Å². The van der Waals surface area contributed by atoms with Crippen molar-refractivity contribution in [3.05, 3.63) is 0 Å². The molecule has 92 valence electrons. The van der Waals surface area contributed by atoms with E-state index in [1.165, 1.54) is 0 Å². The van der Waals surface area contributed by atoms with Gasteiger partial charge >= 0.3 is 0 Å². The van der Waals surface area contributed by atoms with Crippen LogP contribution in [0.5, 0.6) is 0 Å². The van der Waals surface area contributed by atoms with Gasteiger partial charge in [-0.05, 0) is 17.9 Å². The number of nitrogens with one attached hydrogen (secondary N) is 2. The molecule has 0 saturated heterocycles. The van der Waals surface area contributed by atoms with Crippen molar-refractivity contribution < 1.29 is 4.79 Å². The number of nitrogens with zero attached hydrogens (tertiary/aromatic N) is 1. The maximum absolute atomic E-state index is 11.3. The van der Waals surface area contributed by atoms with Gasteiger partial charge in [0.1, 0.15) is 0 Å². The predicted octanol–water partition coefficient (Wildman–Crippen LogP) is 1.29. The molecule has 0 aliphatic carbocycles. The van der Waals surface area contributed by atoms with Crippen molar-refractivity contribution in [1.29, 1.82) is 5.26 Å². The lowest BCUT2D eigenvalue weighted by Crippen LogP contribution is -2.38. The van der Waals surface area contributed by atoms with Crippen LogP contribution in [0.2, 0.25) is 0 Å². The van der Waals surface area contributed by atoms with Gasteiger partial charge in [0.25, 0.3) is 0 Å². The molecule has 2 N–H and O–H groups in total. The Labute approximate surface area is 98.4 Å². The first-order valence-electron chi connectivity index (χ1n) is 5.72. The van der Waals surface area contributed by atoms with E-state index < -0.39 is 0 Å². The van der Waals surface area contributed by atoms with Crippen molar-refractivity contribution >= 4 is 5.91 Å². The standard InChI is InChI=1S/C12H23N3O/c1-10(12(2,3)4)8-14-9-11(16)15-7-5-6-13/h10,14H,5,7-9H2,1-4H3,(H,15,16). The molecule has 0 aromatic heterocycles. The summed E-state index contributed by atoms with van der Waals surface area (Å²) in [7, 11) is 0. The maximum atomic E-state index is 11.3. The lowest BCUT2D eigenvalue weighted by atomic mass is 9.82. The zero-order valence-electron chi connectivity index (χ0n) is 10.8. The van der Waals surface area contributed by atoms with Crippen molar-refractivity contribution in [1.82, 2.24) is 10.6 Å². The van der Waals surface area contributed by atoms with Gasteiger partial charge in [-0.15, -0.1) is 0 Å². The van der Waals surface area contributed by atoms with Crippen molar-refractivity contribution in [2.75, 3.05) is 19.6 Å². The van der Waals surface area contributed by atoms with E-state index in [9.17, 15) is 4.79 Å². The van der Waals surface area contributed by atoms with Crippen molar-refractivity contribution in [3.63, 3.8) is 0 Å². The Balaban J connectivity index is 3.59. The van der Waals surface area contributed by atoms with Crippen LogP contribution in [0, 0.1) is 22.7 Å². The van der Waals surface area contributed by atoms with Crippen molar-refractivity contribution in [2.24, 2.45) is 11.3 Å². The summed E-state index contributed by atoms with van der Waals surface area (Å²) in [5.41, 5.74) is 0.254. The number of nitriles is 1. The lowest BCUT2D eigenvalue weighted by Gasteiger charge is -2.27. The molecule has 0 aromatic rings. The van der Waals surface area contributed by atoms with E-state index in [-0.39, 0.29) is 11.3 Å². The molecule has 4 heteroatoms. The first kappa shape index (κ1) is 14.9. The Morgan fingerprint density at radius 3 is 2.56 bits per heavy atom. The van der Waals surface area contributed by atoms with Crippen LogP contribution in [0.3, 0.4) is 0 Å². The first-order chi connectivity index (χ1) is 7.38. The van der Waals surface area contributed by atoms with Gasteiger partial charge in [-0.3, -0.25) is 4.79 Å². The highest BCUT2D eigenvalue weighted by molar-refractivity contribution is 5.77. The van der Waals surface area contributed by atoms with E-state index >= 15 is 0 Å². The third-order valence-electron chi connectivity index (χ3n) is 2.77. The Morgan fingerprint density at radius 2 is 2.06 bits per heavy atom. The summed E-state index contributed by atoms with van der Waals surface area (Å²) in [6, 6.07) is 1.98. The monoisotopic (exact) mass is 225 g/mol. The van der Waals surface area contributed by atoms with Gasteiger partial charge in [-0.25, -0.2) is 0 Å². The summed E-state index contributed by atoms with van der Waals surface area (Å²) in [4.78, 5) is 11.3. The minimum Gasteiger partial charge on any atom is -0.354 e. The van der Waals surface area contributed by atoms with Gasteiger partial charge in [0.2, 0.25) is 5.91 Å². The zero-order chi connectivity index (χ0) is 12.6. The Hall–Kier alpha value is -1.08. The summed E-state index contributed by atoms with van der Waals surface area (Å²) < 4.78 is 0. The fourth-order valence-electron chi connectivity index (χ4n) is 1.03. The molecule has 1 atom stereocenters. The highest BCUT2D eigenvalue weighted by Crippen LogP contribution is 2.24. The lowest BCUT2D eigenvalue weighted by molar-refractivity contribution is -0.120. The summed E-state index contributed by atoms with van der Waals surface area (Å²) in [5, 5.41) is 14.1. The second kappa shape index (κ2) is 7.24. The van der Waals surface area contributed by atoms with Gasteiger partial charge in [-0.1, -0.05) is 27.7 Å². The molecule has 0 heterocycles. The molecule has 0 bridgehead atoms. The van der Waals surface area contributed by atoms with Crippen LogP contribution in [-0.2, 0) is 4.79 Å². The Kier molecular flexibility index (Phi) is 6.75. The van der Waals surface area contributed by atoms with E-state index in [0.29, 0.717) is 25.4 Å². The second-order valence-corrected chi connectivity index (χ2v) is 5.16. The van der Waals surface area contributed by atoms with Crippen LogP contribution in [0.15, 0.2) is 0 Å². The molecule has 0 aliphatic rings. The summed E-state index contributed by atoms with van der Waals surface area (Å²) >= 11 is 0. The molecular weight excluding hydrogens is 202 g/mol. The van der Waals surface area contributed by atoms with Gasteiger partial charge < -0.3 is 10.6 Å². The third-order valence-corrected chi connectivity index (χ3v) is 2.77. The summed E-state index contributed by atoms with van der Waals surface area (Å²) in [6.07, 6.45) is 0.365. The number of carbonyl (C=O) groups is 1. The van der Waals surface area contributed by atoms with E-state index in [2.05, 4.69) is 38.3 Å². The summed E-state index contributed by atoms with van der Waals surface area (Å²) in [6.45, 7) is 10.3. The molecule has 0 radical (unpaired) electrons. The molecule has 1 amide bonds. The molecule has 4 nitrogen and oxygen atoms in total. The Bertz CT molecular complexity index is 250. The normalized spacial score (nSPS) is 12.9. The molecule has 0 spiro atoms. The topological polar surface area (TPSA) is 64.9 Å². The van der Waals surface area contributed by atoms with Gasteiger partial charge in [0.05, 0.1) is 19.0 Å². The SMILES string of the molecule is CC(CNCC(=O)NCCC#N)C(C)(C)C. The molecule has 0 saturated carbocycles. The fraction of sp³-hybridized carbons (Fsp3) is 0.833. The van der Waals surface area contributed by atoms with Gasteiger partial charge in [-0.2, -0.15) is 5.26 Å². The number of rotatable bonds is 6. The fourth-order valence-corrected chi connectivity index (χ4v) is 1.03. The average Bonchev–Trinajstić information content (AvgIpc) is 2.16. The minimum atomic E-state index is -0.0450. The van der Waals surface area contributed by atoms with E-state index in [4.69, 9.17) is 5.26 Å². The molecule has 0 aromatic carbocycles. The van der Waals surface area contributed by atoms with Crippen LogP contribution in [-0.4, -0.2) is 25.5 Å². The largest absolute Gasteiger partial charge is 0.354 e. The van der Waals surface area contributed by atoms with Crippen LogP contribution in [0.1, 0.15) is 34.1 Å². The molecular formula is C12H23N3O. The number of hydrogen-bond acceptors (Lipinski definition) is 3. The minimum absolute atomic E-state index is 0.0450. The van der Waals surface area contributed by atoms with Crippen molar-refractivity contribution in [3.8, 4) is 6.07 Å². The molecule has 0 rings (SSSR count). The highest BCUT2D eigenvalue weighted by atomic mass is 16.1. The number of carbonyl (C=O) groups excluding carboxylic acids is 1. The van der Waals surface area contributed by atoms with Crippen LogP contribution >= 0.6 is 0 Å². The van der Waals surface area contributed by atoms with Crippen molar-refractivity contribution in [2.45, 2.75) is 34.1 Å². The molecule has 0 aliphatic heterocycles. The maximum Gasteiger partial charge on any atom is 0.233 e. The first-order valence-corrected chi connectivity index (χ1v) is 5.72. The molecule has 16 heavy (non-hydrogen) atoms. The second-order valence-electron chi connectivity index (χ2n) is 5.16. The average molecular weight is 225 g/mol. The smallest absolute Gasteiger partial charge is 0.233 e. The number of hydrogen-bond donors (Lipinski definition) is 2. The van der Waals surface area contributed by atoms with E-state index in [1.807, 2.05) is 6.07 Å². The van der Waals surface area contributed by atoms with Crippen LogP contribution in [0.25, 0.3) is 0 Å². The van der Waals surface area contributed by atoms with Gasteiger partial charge in [0, 0.05) is 6.54 Å². The highest BCUT2D eigenvalue weighted by Gasteiger charge is 2.19. The summed E-state index contributed by atoms with van der Waals surface area (Å²) in [5.74, 6) is 0.468. The Morgan fingerprint density at radius 1 is 1.44 bits per heavy atom. The zero-order valence-corrected chi connectivity index (χ0v) is 10.8. The third kappa shape index (κ3) is 7.24. The van der Waals surface area contributed by atoms with Gasteiger partial charge in [0.15, 0.2) is 0 Å². The predicted molar refractivity (Wildman–Crippen MR) is 64.7 cm³/mol. The quantitative estimate of drug-likeness (QED) is 0.669. The van der Waals surface area contributed by atoms with Crippen LogP contribution < -0.4 is 10.6 Å². The van der Waals surface area contributed by atoms with E-state index in [1.54, 1.807) is 0 Å². The number of amides is 1. The molecule has 0 fully saturated rings. The molecule has 1 unspecified atom stereocenters.